The summed E-state index contributed by atoms with van der Waals surface area (Å²) in [5, 5.41) is 6.60. The summed E-state index contributed by atoms with van der Waals surface area (Å²) in [5.74, 6) is -0.0716. The Hall–Kier alpha value is -3.37. The first kappa shape index (κ1) is 18.6. The summed E-state index contributed by atoms with van der Waals surface area (Å²) in [6.45, 7) is 5.36. The summed E-state index contributed by atoms with van der Waals surface area (Å²) in [4.78, 5) is 15.4. The molecule has 3 aromatic rings. The first-order valence-electron chi connectivity index (χ1n) is 10.5. The van der Waals surface area contributed by atoms with Gasteiger partial charge in [0.25, 0.3) is 5.91 Å². The Bertz CT molecular complexity index is 1130. The maximum atomic E-state index is 12.9. The van der Waals surface area contributed by atoms with Gasteiger partial charge in [0.1, 0.15) is 0 Å². The standard InChI is InChI=1S/C26H25N3O/c1-2-29-15-14-18-12-13-21(16-20(18)17-29)27-25(19-8-4-3-5-9-19)24-22-10-6-7-11-23(22)28-26(24)30/h3-13,16,27H,2,14-15,17H2,1H3,(H,28,30). The normalized spacial score (nSPS) is 17.2. The van der Waals surface area contributed by atoms with Crippen LogP contribution in [0, 0.1) is 0 Å². The van der Waals surface area contributed by atoms with Crippen LogP contribution >= 0.6 is 0 Å². The van der Waals surface area contributed by atoms with Crippen molar-refractivity contribution in [1.82, 2.24) is 4.90 Å². The van der Waals surface area contributed by atoms with Gasteiger partial charge in [-0.1, -0.05) is 61.5 Å². The predicted octanol–water partition coefficient (Wildman–Crippen LogP) is 5.00. The van der Waals surface area contributed by atoms with E-state index >= 15 is 0 Å². The molecule has 0 saturated carbocycles. The molecular formula is C26H25N3O. The molecule has 0 unspecified atom stereocenters. The van der Waals surface area contributed by atoms with Crippen LogP contribution in [0.5, 0.6) is 0 Å². The van der Waals surface area contributed by atoms with Crippen molar-refractivity contribution in [1.29, 1.82) is 0 Å². The fourth-order valence-electron chi connectivity index (χ4n) is 4.36. The molecule has 4 nitrogen and oxygen atoms in total. The minimum Gasteiger partial charge on any atom is -0.354 e. The first-order chi connectivity index (χ1) is 14.7. The molecular weight excluding hydrogens is 370 g/mol. The Kier molecular flexibility index (Phi) is 4.85. The van der Waals surface area contributed by atoms with Crippen LogP contribution in [0.15, 0.2) is 72.8 Å². The van der Waals surface area contributed by atoms with Gasteiger partial charge in [-0.05, 0) is 47.9 Å². The minimum atomic E-state index is -0.0716. The monoisotopic (exact) mass is 395 g/mol. The predicted molar refractivity (Wildman–Crippen MR) is 123 cm³/mol. The second kappa shape index (κ2) is 7.81. The zero-order valence-corrected chi connectivity index (χ0v) is 17.1. The molecule has 0 atom stereocenters. The summed E-state index contributed by atoms with van der Waals surface area (Å²) < 4.78 is 0. The number of hydrogen-bond acceptors (Lipinski definition) is 3. The van der Waals surface area contributed by atoms with Crippen LogP contribution in [0.3, 0.4) is 0 Å². The van der Waals surface area contributed by atoms with Crippen molar-refractivity contribution >= 4 is 28.6 Å². The van der Waals surface area contributed by atoms with Crippen LogP contribution in [0.2, 0.25) is 0 Å². The van der Waals surface area contributed by atoms with Crippen LogP contribution in [0.25, 0.3) is 11.3 Å². The number of rotatable bonds is 4. The topological polar surface area (TPSA) is 44.4 Å². The van der Waals surface area contributed by atoms with Crippen LogP contribution in [-0.4, -0.2) is 23.9 Å². The molecule has 0 bridgehead atoms. The summed E-state index contributed by atoms with van der Waals surface area (Å²) in [6.07, 6.45) is 1.09. The van der Waals surface area contributed by atoms with Gasteiger partial charge in [-0.25, -0.2) is 0 Å². The summed E-state index contributed by atoms with van der Waals surface area (Å²) in [7, 11) is 0. The lowest BCUT2D eigenvalue weighted by Crippen LogP contribution is -2.30. The molecule has 0 saturated heterocycles. The van der Waals surface area contributed by atoms with E-state index in [0.717, 1.165) is 54.3 Å². The SMILES string of the molecule is CCN1CCc2ccc(NC(=C3C(=O)Nc4ccccc43)c3ccccc3)cc2C1. The van der Waals surface area contributed by atoms with Gasteiger partial charge < -0.3 is 10.6 Å². The van der Waals surface area contributed by atoms with E-state index in [1.165, 1.54) is 11.1 Å². The zero-order chi connectivity index (χ0) is 20.5. The molecule has 5 rings (SSSR count). The number of fused-ring (bicyclic) bond motifs is 2. The zero-order valence-electron chi connectivity index (χ0n) is 17.1. The highest BCUT2D eigenvalue weighted by molar-refractivity contribution is 6.37. The second-order valence-corrected chi connectivity index (χ2v) is 7.84. The Morgan fingerprint density at radius 1 is 1.00 bits per heavy atom. The Morgan fingerprint density at radius 3 is 2.63 bits per heavy atom. The van der Waals surface area contributed by atoms with Crippen molar-refractivity contribution in [2.45, 2.75) is 19.9 Å². The van der Waals surface area contributed by atoms with Crippen LogP contribution in [0.1, 0.15) is 29.2 Å². The van der Waals surface area contributed by atoms with Crippen molar-refractivity contribution in [3.8, 4) is 0 Å². The number of nitrogens with one attached hydrogen (secondary N) is 2. The summed E-state index contributed by atoms with van der Waals surface area (Å²) in [6, 6.07) is 24.5. The third-order valence-electron chi connectivity index (χ3n) is 6.00. The fourth-order valence-corrected chi connectivity index (χ4v) is 4.36. The van der Waals surface area contributed by atoms with Gasteiger partial charge in [-0.3, -0.25) is 9.69 Å². The molecule has 30 heavy (non-hydrogen) atoms. The maximum absolute atomic E-state index is 12.9. The quantitative estimate of drug-likeness (QED) is 0.611. The van der Waals surface area contributed by atoms with E-state index in [1.54, 1.807) is 0 Å². The lowest BCUT2D eigenvalue weighted by atomic mass is 9.97. The smallest absolute Gasteiger partial charge is 0.258 e. The molecule has 0 spiro atoms. The van der Waals surface area contributed by atoms with Crippen LogP contribution < -0.4 is 10.6 Å². The Morgan fingerprint density at radius 2 is 1.80 bits per heavy atom. The number of likely N-dealkylation sites (N-methyl/N-ethyl adjacent to an activating group) is 1. The molecule has 2 aliphatic rings. The van der Waals surface area contributed by atoms with Crippen molar-refractivity contribution in [3.05, 3.63) is 95.1 Å². The summed E-state index contributed by atoms with van der Waals surface area (Å²) in [5.41, 5.74) is 8.10. The van der Waals surface area contributed by atoms with Gasteiger partial charge in [0.2, 0.25) is 0 Å². The van der Waals surface area contributed by atoms with E-state index in [4.69, 9.17) is 0 Å². The first-order valence-corrected chi connectivity index (χ1v) is 10.5. The molecule has 3 aromatic carbocycles. The van der Waals surface area contributed by atoms with E-state index < -0.39 is 0 Å². The molecule has 1 amide bonds. The van der Waals surface area contributed by atoms with E-state index in [-0.39, 0.29) is 5.91 Å². The van der Waals surface area contributed by atoms with Gasteiger partial charge in [-0.2, -0.15) is 0 Å². The molecule has 0 radical (unpaired) electrons. The average Bonchev–Trinajstić information content (AvgIpc) is 3.13. The number of hydrogen-bond donors (Lipinski definition) is 2. The van der Waals surface area contributed by atoms with Crippen LogP contribution in [0.4, 0.5) is 11.4 Å². The van der Waals surface area contributed by atoms with E-state index in [1.807, 2.05) is 54.6 Å². The molecule has 0 aliphatic carbocycles. The summed E-state index contributed by atoms with van der Waals surface area (Å²) >= 11 is 0. The molecule has 2 N–H and O–H groups in total. The van der Waals surface area contributed by atoms with Gasteiger partial charge in [0.15, 0.2) is 0 Å². The number of carbonyl (C=O) groups excluding carboxylic acids is 1. The maximum Gasteiger partial charge on any atom is 0.258 e. The molecule has 0 fully saturated rings. The molecule has 2 aliphatic heterocycles. The van der Waals surface area contributed by atoms with Crippen molar-refractivity contribution in [3.63, 3.8) is 0 Å². The highest BCUT2D eigenvalue weighted by Crippen LogP contribution is 2.37. The van der Waals surface area contributed by atoms with Gasteiger partial charge in [0, 0.05) is 30.0 Å². The number of amides is 1. The number of benzene rings is 3. The number of nitrogens with zero attached hydrogens (tertiary/aromatic N) is 1. The highest BCUT2D eigenvalue weighted by atomic mass is 16.2. The minimum absolute atomic E-state index is 0.0716. The third-order valence-corrected chi connectivity index (χ3v) is 6.00. The fraction of sp³-hybridized carbons (Fsp3) is 0.192. The second-order valence-electron chi connectivity index (χ2n) is 7.84. The highest BCUT2D eigenvalue weighted by Gasteiger charge is 2.28. The van der Waals surface area contributed by atoms with Crippen molar-refractivity contribution < 1.29 is 4.79 Å². The van der Waals surface area contributed by atoms with Crippen molar-refractivity contribution in [2.75, 3.05) is 23.7 Å². The van der Waals surface area contributed by atoms with Crippen molar-refractivity contribution in [2.24, 2.45) is 0 Å². The molecule has 2 heterocycles. The number of anilines is 2. The van der Waals surface area contributed by atoms with E-state index in [2.05, 4.69) is 40.7 Å². The average molecular weight is 396 g/mol. The number of carbonyl (C=O) groups is 1. The lowest BCUT2D eigenvalue weighted by molar-refractivity contribution is -0.110. The van der Waals surface area contributed by atoms with Gasteiger partial charge >= 0.3 is 0 Å². The van der Waals surface area contributed by atoms with Gasteiger partial charge in [0.05, 0.1) is 11.3 Å². The lowest BCUT2D eigenvalue weighted by Gasteiger charge is -2.28. The van der Waals surface area contributed by atoms with E-state index in [9.17, 15) is 4.79 Å². The third kappa shape index (κ3) is 3.40. The molecule has 4 heteroatoms. The largest absolute Gasteiger partial charge is 0.354 e. The van der Waals surface area contributed by atoms with E-state index in [0.29, 0.717) is 5.57 Å². The number of para-hydroxylation sites is 1. The van der Waals surface area contributed by atoms with Crippen LogP contribution in [-0.2, 0) is 17.8 Å². The Labute approximate surface area is 177 Å². The molecule has 150 valence electrons. The Balaban J connectivity index is 1.60. The van der Waals surface area contributed by atoms with Gasteiger partial charge in [-0.15, -0.1) is 0 Å². The molecule has 0 aromatic heterocycles.